The van der Waals surface area contributed by atoms with Crippen LogP contribution >= 0.6 is 0 Å². The van der Waals surface area contributed by atoms with Gasteiger partial charge in [-0.3, -0.25) is 4.90 Å². The number of ether oxygens (including phenoxy) is 1. The van der Waals surface area contributed by atoms with Gasteiger partial charge >= 0.3 is 5.97 Å². The van der Waals surface area contributed by atoms with Crippen LogP contribution in [0.3, 0.4) is 0 Å². The Morgan fingerprint density at radius 2 is 2.10 bits per heavy atom. The minimum Gasteiger partial charge on any atom is -0.466 e. The number of nitrogens with zero attached hydrogens (tertiary/aromatic N) is 2. The molecule has 0 aliphatic heterocycles. The van der Waals surface area contributed by atoms with Crippen molar-refractivity contribution >= 4 is 22.9 Å². The molecule has 1 aliphatic rings. The van der Waals surface area contributed by atoms with Gasteiger partial charge in [0, 0.05) is 48.9 Å². The van der Waals surface area contributed by atoms with Crippen molar-refractivity contribution < 1.29 is 14.6 Å². The van der Waals surface area contributed by atoms with Gasteiger partial charge in [-0.25, -0.2) is 4.79 Å². The lowest BCUT2D eigenvalue weighted by molar-refractivity contribution is -0.134. The first-order valence-corrected chi connectivity index (χ1v) is 10.9. The number of carbonyl (C=O) groups excluding carboxylic acids is 1. The molecule has 0 radical (unpaired) electrons. The lowest BCUT2D eigenvalue weighted by Crippen LogP contribution is -2.33. The highest BCUT2D eigenvalue weighted by atomic mass is 16.5. The van der Waals surface area contributed by atoms with Crippen molar-refractivity contribution in [1.29, 1.82) is 0 Å². The predicted molar refractivity (Wildman–Crippen MR) is 124 cm³/mol. The molecule has 0 amide bonds. The van der Waals surface area contributed by atoms with E-state index in [-0.39, 0.29) is 12.6 Å². The molecule has 0 fully saturated rings. The Morgan fingerprint density at radius 3 is 2.90 bits per heavy atom. The summed E-state index contributed by atoms with van der Waals surface area (Å²) in [5.41, 5.74) is 6.22. The third-order valence-electron chi connectivity index (χ3n) is 6.27. The molecule has 5 nitrogen and oxygen atoms in total. The normalized spacial score (nSPS) is 15.8. The molecule has 0 spiro atoms. The van der Waals surface area contributed by atoms with Crippen molar-refractivity contribution in [1.82, 2.24) is 9.47 Å². The molecule has 4 rings (SSSR count). The molecule has 0 saturated carbocycles. The summed E-state index contributed by atoms with van der Waals surface area (Å²) in [6, 6.07) is 15.2. The molecule has 1 aromatic heterocycles. The SMILES string of the molecule is COC(=O)/C=C/c1ccc2c(c1)CCC2N(CCO)CCn1cc(C)c2ccccc21. The van der Waals surface area contributed by atoms with Crippen molar-refractivity contribution in [2.75, 3.05) is 26.8 Å². The van der Waals surface area contributed by atoms with Crippen LogP contribution in [0.4, 0.5) is 0 Å². The van der Waals surface area contributed by atoms with Gasteiger partial charge in [-0.2, -0.15) is 0 Å². The van der Waals surface area contributed by atoms with Crippen molar-refractivity contribution in [3.63, 3.8) is 0 Å². The standard InChI is InChI=1S/C26H30N2O3/c1-19-18-28(24-6-4-3-5-22(19)24)14-13-27(15-16-29)25-11-9-21-17-20(7-10-23(21)25)8-12-26(30)31-2/h3-8,10,12,17-18,25,29H,9,11,13-16H2,1-2H3/b12-8+. The van der Waals surface area contributed by atoms with Crippen LogP contribution < -0.4 is 0 Å². The number of aromatic nitrogens is 1. The van der Waals surface area contributed by atoms with Crippen molar-refractivity contribution in [2.24, 2.45) is 0 Å². The van der Waals surface area contributed by atoms with E-state index in [1.807, 2.05) is 0 Å². The van der Waals surface area contributed by atoms with Gasteiger partial charge in [0.25, 0.3) is 0 Å². The van der Waals surface area contributed by atoms with E-state index >= 15 is 0 Å². The van der Waals surface area contributed by atoms with Crippen LogP contribution in [0.5, 0.6) is 0 Å². The zero-order chi connectivity index (χ0) is 21.8. The second kappa shape index (κ2) is 9.50. The third-order valence-corrected chi connectivity index (χ3v) is 6.27. The first-order chi connectivity index (χ1) is 15.1. The number of esters is 1. The van der Waals surface area contributed by atoms with Crippen LogP contribution in [-0.2, 0) is 22.5 Å². The van der Waals surface area contributed by atoms with Gasteiger partial charge in [0.1, 0.15) is 0 Å². The first kappa shape index (κ1) is 21.3. The summed E-state index contributed by atoms with van der Waals surface area (Å²) in [7, 11) is 1.38. The van der Waals surface area contributed by atoms with Gasteiger partial charge in [0.2, 0.25) is 0 Å². The third kappa shape index (κ3) is 4.58. The molecule has 0 saturated heterocycles. The molecular formula is C26H30N2O3. The number of fused-ring (bicyclic) bond motifs is 2. The average Bonchev–Trinajstić information content (AvgIpc) is 3.36. The van der Waals surface area contributed by atoms with E-state index in [0.29, 0.717) is 12.6 Å². The topological polar surface area (TPSA) is 54.7 Å². The largest absolute Gasteiger partial charge is 0.466 e. The molecule has 5 heteroatoms. The highest BCUT2D eigenvalue weighted by Gasteiger charge is 2.27. The number of hydrogen-bond acceptors (Lipinski definition) is 4. The Kier molecular flexibility index (Phi) is 6.54. The molecule has 2 aromatic carbocycles. The van der Waals surface area contributed by atoms with Crippen LogP contribution in [0, 0.1) is 6.92 Å². The highest BCUT2D eigenvalue weighted by Crippen LogP contribution is 2.36. The quantitative estimate of drug-likeness (QED) is 0.442. The summed E-state index contributed by atoms with van der Waals surface area (Å²) >= 11 is 0. The number of aryl methyl sites for hydroxylation is 2. The zero-order valence-corrected chi connectivity index (χ0v) is 18.3. The molecule has 3 aromatic rings. The number of aliphatic hydroxyl groups is 1. The maximum atomic E-state index is 11.4. The fourth-order valence-corrected chi connectivity index (χ4v) is 4.73. The van der Waals surface area contributed by atoms with E-state index in [2.05, 4.69) is 69.8 Å². The summed E-state index contributed by atoms with van der Waals surface area (Å²) in [5.74, 6) is -0.347. The fraction of sp³-hybridized carbons (Fsp3) is 0.346. The average molecular weight is 419 g/mol. The van der Waals surface area contributed by atoms with E-state index in [9.17, 15) is 9.90 Å². The van der Waals surface area contributed by atoms with Crippen molar-refractivity contribution in [3.05, 3.63) is 77.0 Å². The molecule has 31 heavy (non-hydrogen) atoms. The summed E-state index contributed by atoms with van der Waals surface area (Å²) in [4.78, 5) is 13.8. The molecule has 1 N–H and O–H groups in total. The summed E-state index contributed by atoms with van der Waals surface area (Å²) in [6.45, 7) is 4.74. The van der Waals surface area contributed by atoms with Gasteiger partial charge in [-0.05, 0) is 54.2 Å². The lowest BCUT2D eigenvalue weighted by Gasteiger charge is -2.29. The van der Waals surface area contributed by atoms with Crippen LogP contribution in [0.25, 0.3) is 17.0 Å². The number of methoxy groups -OCH3 is 1. The van der Waals surface area contributed by atoms with Gasteiger partial charge in [-0.1, -0.05) is 36.4 Å². The molecule has 1 heterocycles. The molecule has 1 unspecified atom stereocenters. The Bertz CT molecular complexity index is 1100. The minimum absolute atomic E-state index is 0.150. The molecule has 0 bridgehead atoms. The molecule has 1 aliphatic carbocycles. The van der Waals surface area contributed by atoms with Gasteiger partial charge in [-0.15, -0.1) is 0 Å². The fourth-order valence-electron chi connectivity index (χ4n) is 4.73. The van der Waals surface area contributed by atoms with Gasteiger partial charge in [0.15, 0.2) is 0 Å². The number of rotatable bonds is 8. The summed E-state index contributed by atoms with van der Waals surface area (Å²) in [6.07, 6.45) is 7.53. The zero-order valence-electron chi connectivity index (χ0n) is 18.3. The van der Waals surface area contributed by atoms with Gasteiger partial charge in [0.05, 0.1) is 13.7 Å². The first-order valence-electron chi connectivity index (χ1n) is 10.9. The smallest absolute Gasteiger partial charge is 0.330 e. The van der Waals surface area contributed by atoms with Gasteiger partial charge < -0.3 is 14.4 Å². The number of hydrogen-bond donors (Lipinski definition) is 1. The predicted octanol–water partition coefficient (Wildman–Crippen LogP) is 4.12. The van der Waals surface area contributed by atoms with E-state index in [1.54, 1.807) is 6.08 Å². The molecular weight excluding hydrogens is 388 g/mol. The Labute approximate surface area is 183 Å². The Morgan fingerprint density at radius 1 is 1.26 bits per heavy atom. The van der Waals surface area contributed by atoms with Crippen molar-refractivity contribution in [3.8, 4) is 0 Å². The highest BCUT2D eigenvalue weighted by molar-refractivity contribution is 5.87. The maximum absolute atomic E-state index is 11.4. The summed E-state index contributed by atoms with van der Waals surface area (Å²) in [5, 5.41) is 11.0. The van der Waals surface area contributed by atoms with E-state index in [0.717, 1.165) is 31.5 Å². The van der Waals surface area contributed by atoms with E-state index in [1.165, 1.54) is 40.8 Å². The maximum Gasteiger partial charge on any atom is 0.330 e. The van der Waals surface area contributed by atoms with Crippen molar-refractivity contribution in [2.45, 2.75) is 32.4 Å². The van der Waals surface area contributed by atoms with Crippen LogP contribution in [0.1, 0.15) is 34.7 Å². The number of para-hydroxylation sites is 1. The van der Waals surface area contributed by atoms with Crippen LogP contribution in [0.2, 0.25) is 0 Å². The second-order valence-electron chi connectivity index (χ2n) is 8.15. The van der Waals surface area contributed by atoms with E-state index in [4.69, 9.17) is 0 Å². The summed E-state index contributed by atoms with van der Waals surface area (Å²) < 4.78 is 7.00. The lowest BCUT2D eigenvalue weighted by atomic mass is 10.0. The Hall–Kier alpha value is -2.89. The minimum atomic E-state index is -0.347. The number of benzene rings is 2. The van der Waals surface area contributed by atoms with Crippen LogP contribution in [0.15, 0.2) is 54.7 Å². The molecule has 1 atom stereocenters. The van der Waals surface area contributed by atoms with Crippen LogP contribution in [-0.4, -0.2) is 47.3 Å². The van der Waals surface area contributed by atoms with E-state index < -0.39 is 0 Å². The number of carbonyl (C=O) groups is 1. The monoisotopic (exact) mass is 418 g/mol. The second-order valence-corrected chi connectivity index (χ2v) is 8.15. The number of aliphatic hydroxyl groups excluding tert-OH is 1. The Balaban J connectivity index is 1.51. The molecule has 162 valence electrons.